The standard InChI is InChI=1S/C19H20N2O3S/c1-14-3-2-4-17(13-14)24-16-7-5-15(6-8-16)20-18(22)9-10-21-11-12-25-19(21)23/h2-8,13H,9-12H2,1H3,(H,20,22). The Kier molecular flexibility index (Phi) is 5.60. The van der Waals surface area contributed by atoms with Gasteiger partial charge in [-0.25, -0.2) is 0 Å². The molecule has 130 valence electrons. The van der Waals surface area contributed by atoms with Crippen LogP contribution < -0.4 is 10.1 Å². The van der Waals surface area contributed by atoms with Crippen molar-refractivity contribution in [2.75, 3.05) is 24.2 Å². The Morgan fingerprint density at radius 3 is 2.68 bits per heavy atom. The Morgan fingerprint density at radius 2 is 2.00 bits per heavy atom. The van der Waals surface area contributed by atoms with Crippen molar-refractivity contribution in [2.24, 2.45) is 0 Å². The molecule has 3 rings (SSSR count). The summed E-state index contributed by atoms with van der Waals surface area (Å²) in [5, 5.41) is 2.90. The van der Waals surface area contributed by atoms with Gasteiger partial charge < -0.3 is 15.0 Å². The Labute approximate surface area is 151 Å². The molecule has 0 spiro atoms. The van der Waals surface area contributed by atoms with E-state index in [1.165, 1.54) is 11.8 Å². The third kappa shape index (κ3) is 5.00. The highest BCUT2D eigenvalue weighted by Gasteiger charge is 2.21. The number of nitrogens with one attached hydrogen (secondary N) is 1. The van der Waals surface area contributed by atoms with Crippen LogP contribution in [0.15, 0.2) is 48.5 Å². The number of benzene rings is 2. The highest BCUT2D eigenvalue weighted by atomic mass is 32.2. The smallest absolute Gasteiger partial charge is 0.281 e. The second kappa shape index (κ2) is 8.07. The molecule has 25 heavy (non-hydrogen) atoms. The van der Waals surface area contributed by atoms with Crippen LogP contribution in [0.3, 0.4) is 0 Å². The van der Waals surface area contributed by atoms with Gasteiger partial charge in [0, 0.05) is 31.0 Å². The lowest BCUT2D eigenvalue weighted by Crippen LogP contribution is -2.27. The molecule has 2 aromatic rings. The van der Waals surface area contributed by atoms with Crippen molar-refractivity contribution in [3.05, 3.63) is 54.1 Å². The van der Waals surface area contributed by atoms with Crippen LogP contribution in [0, 0.1) is 6.92 Å². The predicted octanol–water partition coefficient (Wildman–Crippen LogP) is 4.28. The van der Waals surface area contributed by atoms with Crippen molar-refractivity contribution in [3.8, 4) is 11.5 Å². The first kappa shape index (κ1) is 17.4. The van der Waals surface area contributed by atoms with Crippen molar-refractivity contribution < 1.29 is 14.3 Å². The largest absolute Gasteiger partial charge is 0.457 e. The summed E-state index contributed by atoms with van der Waals surface area (Å²) >= 11 is 1.31. The van der Waals surface area contributed by atoms with Gasteiger partial charge in [-0.2, -0.15) is 0 Å². The fourth-order valence-corrected chi connectivity index (χ4v) is 3.36. The molecule has 0 radical (unpaired) electrons. The van der Waals surface area contributed by atoms with Gasteiger partial charge in [0.1, 0.15) is 11.5 Å². The van der Waals surface area contributed by atoms with Gasteiger partial charge in [0.05, 0.1) is 0 Å². The van der Waals surface area contributed by atoms with Crippen molar-refractivity contribution in [1.29, 1.82) is 0 Å². The fraction of sp³-hybridized carbons (Fsp3) is 0.263. The molecule has 2 amide bonds. The Morgan fingerprint density at radius 1 is 1.20 bits per heavy atom. The molecule has 1 fully saturated rings. The van der Waals surface area contributed by atoms with Crippen molar-refractivity contribution in [3.63, 3.8) is 0 Å². The quantitative estimate of drug-likeness (QED) is 0.839. The molecule has 0 saturated carbocycles. The molecular formula is C19H20N2O3S. The van der Waals surface area contributed by atoms with Crippen LogP contribution in [0.5, 0.6) is 11.5 Å². The SMILES string of the molecule is Cc1cccc(Oc2ccc(NC(=O)CCN3CCSC3=O)cc2)c1. The zero-order valence-electron chi connectivity index (χ0n) is 14.0. The lowest BCUT2D eigenvalue weighted by atomic mass is 10.2. The predicted molar refractivity (Wildman–Crippen MR) is 100 cm³/mol. The van der Waals surface area contributed by atoms with Crippen molar-refractivity contribution in [2.45, 2.75) is 13.3 Å². The highest BCUT2D eigenvalue weighted by Crippen LogP contribution is 2.24. The molecular weight excluding hydrogens is 336 g/mol. The van der Waals surface area contributed by atoms with Crippen molar-refractivity contribution >= 4 is 28.6 Å². The molecule has 1 saturated heterocycles. The van der Waals surface area contributed by atoms with E-state index in [1.54, 1.807) is 17.0 Å². The van der Waals surface area contributed by atoms with Gasteiger partial charge in [0.25, 0.3) is 5.24 Å². The number of anilines is 1. The van der Waals surface area contributed by atoms with E-state index in [1.807, 2.05) is 43.3 Å². The number of carbonyl (C=O) groups excluding carboxylic acids is 2. The van der Waals surface area contributed by atoms with E-state index in [4.69, 9.17) is 4.74 Å². The number of thioether (sulfide) groups is 1. The molecule has 0 bridgehead atoms. The summed E-state index contributed by atoms with van der Waals surface area (Å²) in [6.45, 7) is 3.20. The monoisotopic (exact) mass is 356 g/mol. The number of aryl methyl sites for hydroxylation is 1. The zero-order valence-corrected chi connectivity index (χ0v) is 14.8. The lowest BCUT2D eigenvalue weighted by Gasteiger charge is -2.14. The maximum Gasteiger partial charge on any atom is 0.281 e. The van der Waals surface area contributed by atoms with Crippen LogP contribution in [0.25, 0.3) is 0 Å². The Hall–Kier alpha value is -2.47. The number of nitrogens with zero attached hydrogens (tertiary/aromatic N) is 1. The number of hydrogen-bond acceptors (Lipinski definition) is 4. The summed E-state index contributed by atoms with van der Waals surface area (Å²) in [6.07, 6.45) is 0.299. The van der Waals surface area contributed by atoms with E-state index >= 15 is 0 Å². The van der Waals surface area contributed by atoms with E-state index < -0.39 is 0 Å². The van der Waals surface area contributed by atoms with Crippen LogP contribution in [0.2, 0.25) is 0 Å². The Bertz CT molecular complexity index is 762. The molecule has 0 aromatic heterocycles. The van der Waals surface area contributed by atoms with Crippen LogP contribution >= 0.6 is 11.8 Å². The van der Waals surface area contributed by atoms with Gasteiger partial charge in [-0.1, -0.05) is 23.9 Å². The molecule has 5 nitrogen and oxygen atoms in total. The minimum absolute atomic E-state index is 0.0606. The maximum absolute atomic E-state index is 12.0. The van der Waals surface area contributed by atoms with Gasteiger partial charge in [0.15, 0.2) is 0 Å². The molecule has 6 heteroatoms. The molecule has 1 aliphatic rings. The van der Waals surface area contributed by atoms with Gasteiger partial charge in [0.2, 0.25) is 5.91 Å². The van der Waals surface area contributed by atoms with Gasteiger partial charge in [-0.05, 0) is 48.9 Å². The number of carbonyl (C=O) groups is 2. The molecule has 2 aromatic carbocycles. The maximum atomic E-state index is 12.0. The highest BCUT2D eigenvalue weighted by molar-refractivity contribution is 8.13. The zero-order chi connectivity index (χ0) is 17.6. The summed E-state index contributed by atoms with van der Waals surface area (Å²) < 4.78 is 5.79. The molecule has 1 N–H and O–H groups in total. The summed E-state index contributed by atoms with van der Waals surface area (Å²) in [5.41, 5.74) is 1.85. The molecule has 0 aliphatic carbocycles. The minimum Gasteiger partial charge on any atom is -0.457 e. The van der Waals surface area contributed by atoms with E-state index in [0.29, 0.717) is 24.4 Å². The third-order valence-electron chi connectivity index (χ3n) is 3.82. The van der Waals surface area contributed by atoms with Gasteiger partial charge in [-0.15, -0.1) is 0 Å². The van der Waals surface area contributed by atoms with Crippen LogP contribution in [0.4, 0.5) is 10.5 Å². The Balaban J connectivity index is 1.50. The van der Waals surface area contributed by atoms with E-state index in [-0.39, 0.29) is 11.1 Å². The topological polar surface area (TPSA) is 58.6 Å². The average Bonchev–Trinajstić information content (AvgIpc) is 3.00. The molecule has 0 unspecified atom stereocenters. The lowest BCUT2D eigenvalue weighted by molar-refractivity contribution is -0.116. The first-order valence-electron chi connectivity index (χ1n) is 8.16. The average molecular weight is 356 g/mol. The summed E-state index contributed by atoms with van der Waals surface area (Å²) in [7, 11) is 0. The molecule has 0 atom stereocenters. The van der Waals surface area contributed by atoms with E-state index in [2.05, 4.69) is 5.32 Å². The first-order valence-corrected chi connectivity index (χ1v) is 9.15. The number of rotatable bonds is 6. The van der Waals surface area contributed by atoms with Gasteiger partial charge in [-0.3, -0.25) is 9.59 Å². The molecule has 1 aliphatic heterocycles. The first-order chi connectivity index (χ1) is 12.1. The number of hydrogen-bond donors (Lipinski definition) is 1. The van der Waals surface area contributed by atoms with Crippen LogP contribution in [0.1, 0.15) is 12.0 Å². The van der Waals surface area contributed by atoms with Crippen LogP contribution in [-0.4, -0.2) is 34.9 Å². The van der Waals surface area contributed by atoms with Crippen LogP contribution in [-0.2, 0) is 4.79 Å². The minimum atomic E-state index is -0.1000. The van der Waals surface area contributed by atoms with E-state index in [9.17, 15) is 9.59 Å². The molecule has 1 heterocycles. The number of amides is 2. The third-order valence-corrected chi connectivity index (χ3v) is 4.71. The summed E-state index contributed by atoms with van der Waals surface area (Å²) in [6, 6.07) is 15.1. The normalized spacial score (nSPS) is 13.8. The van der Waals surface area contributed by atoms with Crippen molar-refractivity contribution in [1.82, 2.24) is 4.90 Å². The van der Waals surface area contributed by atoms with Gasteiger partial charge >= 0.3 is 0 Å². The second-order valence-electron chi connectivity index (χ2n) is 5.84. The van der Waals surface area contributed by atoms with E-state index in [0.717, 1.165) is 23.6 Å². The fourth-order valence-electron chi connectivity index (χ4n) is 2.51. The summed E-state index contributed by atoms with van der Waals surface area (Å²) in [4.78, 5) is 25.2. The summed E-state index contributed by atoms with van der Waals surface area (Å²) in [5.74, 6) is 2.20. The number of ether oxygens (including phenoxy) is 1. The second-order valence-corrected chi connectivity index (χ2v) is 6.89.